The lowest BCUT2D eigenvalue weighted by molar-refractivity contribution is 0.141. The van der Waals surface area contributed by atoms with E-state index in [1.165, 1.54) is 6.33 Å². The summed E-state index contributed by atoms with van der Waals surface area (Å²) in [6.45, 7) is 2.06. The molecule has 4 rings (SSSR count). The highest BCUT2D eigenvalue weighted by Gasteiger charge is 2.30. The van der Waals surface area contributed by atoms with Crippen LogP contribution in [0.1, 0.15) is 19.8 Å². The Bertz CT molecular complexity index is 808. The van der Waals surface area contributed by atoms with Crippen LogP contribution in [0.3, 0.4) is 0 Å². The number of aliphatic hydroxyl groups is 1. The Morgan fingerprint density at radius 3 is 2.74 bits per heavy atom. The Kier molecular flexibility index (Phi) is 3.46. The van der Waals surface area contributed by atoms with E-state index < -0.39 is 0 Å². The van der Waals surface area contributed by atoms with Gasteiger partial charge in [-0.3, -0.25) is 0 Å². The van der Waals surface area contributed by atoms with E-state index in [4.69, 9.17) is 4.42 Å². The molecule has 3 atom stereocenters. The number of nitrogens with zero attached hydrogens (tertiary/aromatic N) is 3. The molecule has 1 aliphatic carbocycles. The van der Waals surface area contributed by atoms with E-state index in [2.05, 4.69) is 27.2 Å². The van der Waals surface area contributed by atoms with E-state index in [9.17, 15) is 5.11 Å². The fraction of sp³-hybridized carbons (Fsp3) is 0.353. The lowest BCUT2D eigenvalue weighted by Crippen LogP contribution is -2.17. The van der Waals surface area contributed by atoms with Crippen LogP contribution in [0.2, 0.25) is 0 Å². The molecule has 0 radical (unpaired) electrons. The van der Waals surface area contributed by atoms with Crippen molar-refractivity contribution in [2.75, 3.05) is 5.32 Å². The Morgan fingerprint density at radius 1 is 1.17 bits per heavy atom. The summed E-state index contributed by atoms with van der Waals surface area (Å²) in [6, 6.07) is 9.91. The minimum absolute atomic E-state index is 0.190. The van der Waals surface area contributed by atoms with Crippen LogP contribution in [0, 0.1) is 5.92 Å². The van der Waals surface area contributed by atoms with E-state index in [1.807, 2.05) is 30.3 Å². The first kappa shape index (κ1) is 14.1. The normalized spacial score (nSPS) is 24.2. The molecule has 1 aliphatic rings. The monoisotopic (exact) mass is 310 g/mol. The third-order valence-corrected chi connectivity index (χ3v) is 4.40. The lowest BCUT2D eigenvalue weighted by Gasteiger charge is -2.12. The van der Waals surface area contributed by atoms with Gasteiger partial charge in [-0.2, -0.15) is 4.98 Å². The van der Waals surface area contributed by atoms with Crippen molar-refractivity contribution in [2.45, 2.75) is 31.9 Å². The highest BCUT2D eigenvalue weighted by molar-refractivity contribution is 5.83. The number of hydrogen-bond donors (Lipinski definition) is 2. The van der Waals surface area contributed by atoms with Crippen molar-refractivity contribution in [3.63, 3.8) is 0 Å². The van der Waals surface area contributed by atoms with Crippen LogP contribution in [-0.4, -0.2) is 32.2 Å². The molecule has 23 heavy (non-hydrogen) atoms. The van der Waals surface area contributed by atoms with Gasteiger partial charge in [-0.05, 0) is 30.9 Å². The molecule has 2 aromatic heterocycles. The van der Waals surface area contributed by atoms with E-state index in [-0.39, 0.29) is 12.1 Å². The number of fused-ring (bicyclic) bond motifs is 1. The van der Waals surface area contributed by atoms with E-state index in [1.54, 1.807) is 0 Å². The Hall–Kier alpha value is -2.47. The zero-order valence-corrected chi connectivity index (χ0v) is 12.8. The highest BCUT2D eigenvalue weighted by Crippen LogP contribution is 2.30. The quantitative estimate of drug-likeness (QED) is 0.774. The Balaban J connectivity index is 1.67. The van der Waals surface area contributed by atoms with E-state index >= 15 is 0 Å². The second-order valence-corrected chi connectivity index (χ2v) is 6.12. The molecule has 0 amide bonds. The third-order valence-electron chi connectivity index (χ3n) is 4.40. The molecule has 0 saturated heterocycles. The zero-order valence-electron chi connectivity index (χ0n) is 12.8. The van der Waals surface area contributed by atoms with Crippen molar-refractivity contribution in [3.05, 3.63) is 36.7 Å². The maximum absolute atomic E-state index is 9.91. The second kappa shape index (κ2) is 5.62. The molecule has 2 heterocycles. The van der Waals surface area contributed by atoms with Crippen LogP contribution in [0.25, 0.3) is 22.7 Å². The molecule has 1 aromatic carbocycles. The fourth-order valence-electron chi connectivity index (χ4n) is 3.10. The first-order chi connectivity index (χ1) is 11.2. The Labute approximate surface area is 133 Å². The average Bonchev–Trinajstić information content (AvgIpc) is 3.13. The van der Waals surface area contributed by atoms with Gasteiger partial charge in [-0.1, -0.05) is 25.1 Å². The summed E-state index contributed by atoms with van der Waals surface area (Å²) >= 11 is 0. The predicted molar refractivity (Wildman–Crippen MR) is 86.9 cm³/mol. The summed E-state index contributed by atoms with van der Waals surface area (Å²) in [7, 11) is 0. The van der Waals surface area contributed by atoms with Gasteiger partial charge in [0, 0.05) is 11.6 Å². The molecular formula is C17H18N4O2. The van der Waals surface area contributed by atoms with Gasteiger partial charge in [0.2, 0.25) is 5.89 Å². The molecule has 6 nitrogen and oxygen atoms in total. The molecule has 2 N–H and O–H groups in total. The fourth-order valence-corrected chi connectivity index (χ4v) is 3.10. The van der Waals surface area contributed by atoms with Gasteiger partial charge >= 0.3 is 0 Å². The van der Waals surface area contributed by atoms with Crippen molar-refractivity contribution in [3.8, 4) is 11.5 Å². The van der Waals surface area contributed by atoms with E-state index in [0.29, 0.717) is 28.9 Å². The van der Waals surface area contributed by atoms with Crippen molar-refractivity contribution in [1.82, 2.24) is 15.0 Å². The third kappa shape index (κ3) is 2.66. The topological polar surface area (TPSA) is 84.1 Å². The molecule has 0 unspecified atom stereocenters. The number of nitrogens with one attached hydrogen (secondary N) is 1. The van der Waals surface area contributed by atoms with Gasteiger partial charge in [0.25, 0.3) is 5.71 Å². The molecular weight excluding hydrogens is 292 g/mol. The highest BCUT2D eigenvalue weighted by atomic mass is 16.4. The maximum atomic E-state index is 9.91. The van der Waals surface area contributed by atoms with Crippen LogP contribution in [0.4, 0.5) is 5.82 Å². The van der Waals surface area contributed by atoms with Crippen molar-refractivity contribution >= 4 is 17.0 Å². The van der Waals surface area contributed by atoms with Gasteiger partial charge in [0.1, 0.15) is 6.33 Å². The van der Waals surface area contributed by atoms with Crippen LogP contribution in [0.5, 0.6) is 0 Å². The molecule has 0 aliphatic heterocycles. The molecule has 1 saturated carbocycles. The Morgan fingerprint density at radius 2 is 2.00 bits per heavy atom. The summed E-state index contributed by atoms with van der Waals surface area (Å²) in [5.41, 5.74) is 2.00. The largest absolute Gasteiger partial charge is 0.417 e. The molecule has 3 aromatic rings. The number of aromatic nitrogens is 3. The number of oxazole rings is 1. The van der Waals surface area contributed by atoms with Crippen LogP contribution < -0.4 is 5.32 Å². The second-order valence-electron chi connectivity index (χ2n) is 6.12. The summed E-state index contributed by atoms with van der Waals surface area (Å²) in [5.74, 6) is 1.48. The minimum atomic E-state index is -0.262. The molecule has 0 spiro atoms. The smallest absolute Gasteiger partial charge is 0.252 e. The molecule has 1 fully saturated rings. The summed E-state index contributed by atoms with van der Waals surface area (Å²) in [4.78, 5) is 13.0. The SMILES string of the molecule is C[C@H]1C[C@@H](Nc2ncnc3oc(-c4ccccc4)nc23)C[C@@H]1O. The van der Waals surface area contributed by atoms with Gasteiger partial charge in [0.05, 0.1) is 6.10 Å². The maximum Gasteiger partial charge on any atom is 0.252 e. The van der Waals surface area contributed by atoms with Crippen molar-refractivity contribution in [1.29, 1.82) is 0 Å². The van der Waals surface area contributed by atoms with E-state index in [0.717, 1.165) is 18.4 Å². The zero-order chi connectivity index (χ0) is 15.8. The summed E-state index contributed by atoms with van der Waals surface area (Å²) in [5, 5.41) is 13.3. The number of anilines is 1. The number of benzene rings is 1. The molecule has 6 heteroatoms. The average molecular weight is 310 g/mol. The summed E-state index contributed by atoms with van der Waals surface area (Å²) < 4.78 is 5.75. The van der Waals surface area contributed by atoms with Crippen molar-refractivity contribution < 1.29 is 9.52 Å². The van der Waals surface area contributed by atoms with Crippen LogP contribution >= 0.6 is 0 Å². The van der Waals surface area contributed by atoms with Gasteiger partial charge in [0.15, 0.2) is 11.3 Å². The summed E-state index contributed by atoms with van der Waals surface area (Å²) in [6.07, 6.45) is 2.84. The first-order valence-corrected chi connectivity index (χ1v) is 7.82. The van der Waals surface area contributed by atoms with Gasteiger partial charge in [-0.25, -0.2) is 9.97 Å². The van der Waals surface area contributed by atoms with Crippen molar-refractivity contribution in [2.24, 2.45) is 5.92 Å². The predicted octanol–water partition coefficient (Wildman–Crippen LogP) is 2.86. The molecule has 0 bridgehead atoms. The number of rotatable bonds is 3. The standard InChI is InChI=1S/C17H18N4O2/c1-10-7-12(8-13(10)22)20-15-14-17(19-9-18-15)23-16(21-14)11-5-3-2-4-6-11/h2-6,9-10,12-13,22H,7-8H2,1H3,(H,18,19,20)/t10-,12+,13-/m0/s1. The molecule has 118 valence electrons. The van der Waals surface area contributed by atoms with Gasteiger partial charge in [-0.15, -0.1) is 0 Å². The first-order valence-electron chi connectivity index (χ1n) is 7.82. The van der Waals surface area contributed by atoms with Crippen LogP contribution in [-0.2, 0) is 0 Å². The lowest BCUT2D eigenvalue weighted by atomic mass is 10.1. The number of hydrogen-bond acceptors (Lipinski definition) is 6. The number of aliphatic hydroxyl groups excluding tert-OH is 1. The van der Waals surface area contributed by atoms with Gasteiger partial charge < -0.3 is 14.8 Å². The van der Waals surface area contributed by atoms with Crippen LogP contribution in [0.15, 0.2) is 41.1 Å². The minimum Gasteiger partial charge on any atom is -0.417 e.